The van der Waals surface area contributed by atoms with Crippen LogP contribution in [0.15, 0.2) is 47.3 Å². The molecule has 3 heteroatoms. The van der Waals surface area contributed by atoms with Gasteiger partial charge in [-0.2, -0.15) is 0 Å². The fourth-order valence-electron chi connectivity index (χ4n) is 2.09. The molecule has 0 atom stereocenters. The molecule has 78 valence electrons. The Bertz CT molecular complexity index is 680. The summed E-state index contributed by atoms with van der Waals surface area (Å²) in [6, 6.07) is 8.73. The standard InChI is InChI=1S/C13H9NO2/c15-12-8-9-4-3-7-13(16)14(9)11-6-2-1-5-10(11)12/h1-3,5-8H,4H2. The van der Waals surface area contributed by atoms with Crippen LogP contribution in [0.5, 0.6) is 0 Å². The van der Waals surface area contributed by atoms with Gasteiger partial charge in [-0.1, -0.05) is 18.2 Å². The number of nitrogens with zero attached hydrogens (tertiary/aromatic N) is 1. The molecule has 16 heavy (non-hydrogen) atoms. The second-order valence-corrected chi connectivity index (χ2v) is 3.80. The quantitative estimate of drug-likeness (QED) is 0.666. The van der Waals surface area contributed by atoms with Gasteiger partial charge in [0, 0.05) is 29.6 Å². The second kappa shape index (κ2) is 3.17. The van der Waals surface area contributed by atoms with Crippen molar-refractivity contribution in [2.75, 3.05) is 0 Å². The number of rotatable bonds is 0. The molecule has 0 saturated carbocycles. The number of benzene rings is 1. The molecule has 0 radical (unpaired) electrons. The van der Waals surface area contributed by atoms with E-state index in [0.717, 1.165) is 5.69 Å². The predicted octanol–water partition coefficient (Wildman–Crippen LogP) is 1.75. The van der Waals surface area contributed by atoms with E-state index >= 15 is 0 Å². The van der Waals surface area contributed by atoms with Crippen LogP contribution in [0, 0.1) is 0 Å². The maximum atomic E-state index is 11.8. The first kappa shape index (κ1) is 9.09. The number of para-hydroxylation sites is 1. The Labute approximate surface area is 91.6 Å². The molecule has 0 aliphatic carbocycles. The number of allylic oxidation sites excluding steroid dienone is 2. The highest BCUT2D eigenvalue weighted by Crippen LogP contribution is 2.16. The van der Waals surface area contributed by atoms with Gasteiger partial charge in [0.25, 0.3) is 5.91 Å². The van der Waals surface area contributed by atoms with E-state index in [1.54, 1.807) is 41.0 Å². The van der Waals surface area contributed by atoms with Crippen molar-refractivity contribution < 1.29 is 4.79 Å². The SMILES string of the molecule is O=C1C=CCc2cc(=O)c3ccccc3n21. The van der Waals surface area contributed by atoms with E-state index in [-0.39, 0.29) is 11.3 Å². The van der Waals surface area contributed by atoms with Gasteiger partial charge in [0.05, 0.1) is 5.52 Å². The van der Waals surface area contributed by atoms with E-state index in [1.165, 1.54) is 0 Å². The van der Waals surface area contributed by atoms with Gasteiger partial charge >= 0.3 is 0 Å². The van der Waals surface area contributed by atoms with Crippen LogP contribution in [0.3, 0.4) is 0 Å². The zero-order valence-corrected chi connectivity index (χ0v) is 8.51. The molecule has 1 aromatic carbocycles. The lowest BCUT2D eigenvalue weighted by molar-refractivity contribution is 0.0967. The van der Waals surface area contributed by atoms with Crippen LogP contribution in [0.25, 0.3) is 10.9 Å². The zero-order valence-electron chi connectivity index (χ0n) is 8.51. The Balaban J connectivity index is 2.53. The highest BCUT2D eigenvalue weighted by molar-refractivity contribution is 5.98. The van der Waals surface area contributed by atoms with Gasteiger partial charge < -0.3 is 0 Å². The fourth-order valence-corrected chi connectivity index (χ4v) is 2.09. The van der Waals surface area contributed by atoms with E-state index in [1.807, 2.05) is 6.07 Å². The average Bonchev–Trinajstić information content (AvgIpc) is 2.29. The highest BCUT2D eigenvalue weighted by atomic mass is 16.2. The molecule has 1 aromatic heterocycles. The summed E-state index contributed by atoms with van der Waals surface area (Å²) in [5.41, 5.74) is 1.43. The van der Waals surface area contributed by atoms with Crippen LogP contribution < -0.4 is 5.43 Å². The smallest absolute Gasteiger partial charge is 0.254 e. The van der Waals surface area contributed by atoms with Crippen molar-refractivity contribution in [1.82, 2.24) is 4.57 Å². The molecule has 0 fully saturated rings. The number of hydrogen-bond donors (Lipinski definition) is 0. The van der Waals surface area contributed by atoms with Gasteiger partial charge in [0.2, 0.25) is 0 Å². The van der Waals surface area contributed by atoms with Gasteiger partial charge in [-0.15, -0.1) is 0 Å². The molecule has 0 saturated heterocycles. The third-order valence-electron chi connectivity index (χ3n) is 2.80. The maximum Gasteiger partial charge on any atom is 0.254 e. The summed E-state index contributed by atoms with van der Waals surface area (Å²) in [6.07, 6.45) is 3.96. The molecule has 0 bridgehead atoms. The summed E-state index contributed by atoms with van der Waals surface area (Å²) in [6.45, 7) is 0. The van der Waals surface area contributed by atoms with Gasteiger partial charge in [0.1, 0.15) is 0 Å². The van der Waals surface area contributed by atoms with Gasteiger partial charge in [-0.3, -0.25) is 14.2 Å². The third-order valence-corrected chi connectivity index (χ3v) is 2.80. The third kappa shape index (κ3) is 1.15. The number of hydrogen-bond acceptors (Lipinski definition) is 2. The monoisotopic (exact) mass is 211 g/mol. The van der Waals surface area contributed by atoms with E-state index in [2.05, 4.69) is 0 Å². The molecule has 0 N–H and O–H groups in total. The Kier molecular flexibility index (Phi) is 1.80. The summed E-state index contributed by atoms with van der Waals surface area (Å²) in [7, 11) is 0. The fraction of sp³-hybridized carbons (Fsp3) is 0.0769. The lowest BCUT2D eigenvalue weighted by atomic mass is 10.1. The first-order chi connectivity index (χ1) is 7.77. The summed E-state index contributed by atoms with van der Waals surface area (Å²) in [4.78, 5) is 23.6. The van der Waals surface area contributed by atoms with Crippen LogP contribution in [-0.2, 0) is 6.42 Å². The minimum Gasteiger partial charge on any atom is -0.289 e. The van der Waals surface area contributed by atoms with Crippen LogP contribution in [-0.4, -0.2) is 10.5 Å². The van der Waals surface area contributed by atoms with Crippen LogP contribution in [0.4, 0.5) is 0 Å². The minimum atomic E-state index is -0.0857. The van der Waals surface area contributed by atoms with Crippen molar-refractivity contribution in [3.63, 3.8) is 0 Å². The Morgan fingerprint density at radius 1 is 1.12 bits per heavy atom. The molecule has 0 amide bonds. The van der Waals surface area contributed by atoms with E-state index in [9.17, 15) is 9.59 Å². The first-order valence-corrected chi connectivity index (χ1v) is 5.12. The molecular weight excluding hydrogens is 202 g/mol. The molecule has 0 unspecified atom stereocenters. The van der Waals surface area contributed by atoms with Gasteiger partial charge in [0.15, 0.2) is 5.43 Å². The molecule has 1 aliphatic heterocycles. The largest absolute Gasteiger partial charge is 0.289 e. The molecule has 1 aliphatic rings. The second-order valence-electron chi connectivity index (χ2n) is 3.80. The first-order valence-electron chi connectivity index (χ1n) is 5.12. The van der Waals surface area contributed by atoms with Crippen molar-refractivity contribution in [2.45, 2.75) is 6.42 Å². The molecule has 2 heterocycles. The number of pyridine rings is 1. The molecule has 3 nitrogen and oxygen atoms in total. The van der Waals surface area contributed by atoms with Crippen molar-refractivity contribution >= 4 is 16.8 Å². The molecular formula is C13H9NO2. The van der Waals surface area contributed by atoms with Crippen LogP contribution in [0.1, 0.15) is 10.5 Å². The van der Waals surface area contributed by atoms with Crippen molar-refractivity contribution in [1.29, 1.82) is 0 Å². The Morgan fingerprint density at radius 3 is 2.81 bits per heavy atom. The topological polar surface area (TPSA) is 39.1 Å². The van der Waals surface area contributed by atoms with Crippen molar-refractivity contribution in [2.24, 2.45) is 0 Å². The summed E-state index contributed by atoms with van der Waals surface area (Å²) in [5.74, 6) is -0.0857. The average molecular weight is 211 g/mol. The van der Waals surface area contributed by atoms with Gasteiger partial charge in [-0.05, 0) is 12.1 Å². The van der Waals surface area contributed by atoms with Crippen LogP contribution in [0.2, 0.25) is 0 Å². The van der Waals surface area contributed by atoms with E-state index in [4.69, 9.17) is 0 Å². The van der Waals surface area contributed by atoms with Crippen molar-refractivity contribution in [3.8, 4) is 0 Å². The van der Waals surface area contributed by atoms with Gasteiger partial charge in [-0.25, -0.2) is 0 Å². The Morgan fingerprint density at radius 2 is 1.94 bits per heavy atom. The summed E-state index contributed by atoms with van der Waals surface area (Å²) in [5, 5.41) is 0.593. The molecule has 2 aromatic rings. The Hall–Kier alpha value is -2.16. The zero-order chi connectivity index (χ0) is 11.1. The maximum absolute atomic E-state index is 11.8. The van der Waals surface area contributed by atoms with E-state index in [0.29, 0.717) is 17.3 Å². The molecule has 3 rings (SSSR count). The number of aromatic nitrogens is 1. The summed E-state index contributed by atoms with van der Waals surface area (Å²) >= 11 is 0. The van der Waals surface area contributed by atoms with Crippen LogP contribution >= 0.6 is 0 Å². The number of carbonyl (C=O) groups excluding carboxylic acids is 1. The van der Waals surface area contributed by atoms with Crippen molar-refractivity contribution in [3.05, 3.63) is 58.4 Å². The highest BCUT2D eigenvalue weighted by Gasteiger charge is 2.14. The predicted molar refractivity (Wildman–Crippen MR) is 61.7 cm³/mol. The van der Waals surface area contributed by atoms with E-state index < -0.39 is 0 Å². The molecule has 0 spiro atoms. The normalized spacial score (nSPS) is 14.1. The minimum absolute atomic E-state index is 0.0232. The number of carbonyl (C=O) groups is 1. The lowest BCUT2D eigenvalue weighted by Crippen LogP contribution is -2.21. The lowest BCUT2D eigenvalue weighted by Gasteiger charge is -2.15. The number of fused-ring (bicyclic) bond motifs is 3. The summed E-state index contributed by atoms with van der Waals surface area (Å²) < 4.78 is 1.61.